The lowest BCUT2D eigenvalue weighted by Gasteiger charge is -2.29. The number of sulfonamides is 1. The highest BCUT2D eigenvalue weighted by Gasteiger charge is 2.28. The van der Waals surface area contributed by atoms with Gasteiger partial charge in [0, 0.05) is 31.6 Å². The van der Waals surface area contributed by atoms with Gasteiger partial charge in [0.1, 0.15) is 12.0 Å². The highest BCUT2D eigenvalue weighted by atomic mass is 35.5. The molecular formula is C15H20ClN3O3S. The molecule has 0 saturated carbocycles. The fourth-order valence-electron chi connectivity index (χ4n) is 2.56. The van der Waals surface area contributed by atoms with Crippen LogP contribution in [-0.4, -0.2) is 36.8 Å². The normalized spacial score (nSPS) is 17.0. The van der Waals surface area contributed by atoms with Crippen LogP contribution in [0.2, 0.25) is 0 Å². The van der Waals surface area contributed by atoms with E-state index in [1.54, 1.807) is 37.5 Å². The summed E-state index contributed by atoms with van der Waals surface area (Å²) in [6.07, 6.45) is 2.97. The minimum atomic E-state index is -3.45. The fourth-order valence-corrected chi connectivity index (χ4v) is 4.03. The van der Waals surface area contributed by atoms with Crippen molar-refractivity contribution >= 4 is 22.4 Å². The second-order valence-electron chi connectivity index (χ2n) is 5.52. The number of aryl methyl sites for hydroxylation is 1. The molecule has 126 valence electrons. The van der Waals surface area contributed by atoms with E-state index in [9.17, 15) is 8.42 Å². The van der Waals surface area contributed by atoms with Crippen molar-refractivity contribution < 1.29 is 12.8 Å². The van der Waals surface area contributed by atoms with Gasteiger partial charge < -0.3 is 10.2 Å². The maximum atomic E-state index is 12.6. The molecule has 0 radical (unpaired) electrons. The number of nitrogens with zero attached hydrogens (tertiary/aromatic N) is 2. The molecule has 1 aliphatic heterocycles. The second kappa shape index (κ2) is 7.00. The molecule has 23 heavy (non-hydrogen) atoms. The number of oxazole rings is 1. The van der Waals surface area contributed by atoms with Crippen molar-refractivity contribution in [2.45, 2.75) is 30.7 Å². The van der Waals surface area contributed by atoms with Crippen LogP contribution < -0.4 is 5.73 Å². The molecule has 0 amide bonds. The van der Waals surface area contributed by atoms with Gasteiger partial charge in [-0.05, 0) is 25.0 Å². The van der Waals surface area contributed by atoms with Crippen molar-refractivity contribution in [2.75, 3.05) is 13.1 Å². The predicted octanol–water partition coefficient (Wildman–Crippen LogP) is 2.18. The number of benzene rings is 1. The molecule has 1 saturated heterocycles. The fraction of sp³-hybridized carbons (Fsp3) is 0.400. The maximum absolute atomic E-state index is 12.6. The van der Waals surface area contributed by atoms with E-state index in [4.69, 9.17) is 10.2 Å². The Hall–Kier alpha value is -1.41. The number of nitrogens with two attached hydrogens (primary N) is 1. The molecule has 8 heteroatoms. The Morgan fingerprint density at radius 2 is 1.83 bits per heavy atom. The SMILES string of the molecule is Cc1nc(-c2ccc(S(=O)(=O)N3CCC(N)CC3)cc2)co1.Cl. The second-order valence-corrected chi connectivity index (χ2v) is 7.46. The molecule has 3 rings (SSSR count). The van der Waals surface area contributed by atoms with Crippen molar-refractivity contribution in [3.8, 4) is 11.3 Å². The summed E-state index contributed by atoms with van der Waals surface area (Å²) in [5.41, 5.74) is 7.36. The Morgan fingerprint density at radius 1 is 1.22 bits per heavy atom. The quantitative estimate of drug-likeness (QED) is 0.909. The smallest absolute Gasteiger partial charge is 0.243 e. The molecule has 0 atom stereocenters. The van der Waals surface area contributed by atoms with Gasteiger partial charge in [0.2, 0.25) is 10.0 Å². The van der Waals surface area contributed by atoms with E-state index in [0.29, 0.717) is 42.4 Å². The lowest BCUT2D eigenvalue weighted by molar-refractivity contribution is 0.320. The van der Waals surface area contributed by atoms with Crippen LogP contribution in [-0.2, 0) is 10.0 Å². The predicted molar refractivity (Wildman–Crippen MR) is 89.9 cm³/mol. The van der Waals surface area contributed by atoms with Crippen molar-refractivity contribution in [1.29, 1.82) is 0 Å². The standard InChI is InChI=1S/C15H19N3O3S.ClH/c1-11-17-15(10-21-11)12-2-4-14(5-3-12)22(19,20)18-8-6-13(16)7-9-18;/h2-5,10,13H,6-9,16H2,1H3;1H. The Bertz CT molecular complexity index is 751. The van der Waals surface area contributed by atoms with E-state index < -0.39 is 10.0 Å². The first kappa shape index (κ1) is 17.9. The Morgan fingerprint density at radius 3 is 2.35 bits per heavy atom. The molecule has 0 aliphatic carbocycles. The third-order valence-electron chi connectivity index (χ3n) is 3.91. The van der Waals surface area contributed by atoms with Crippen LogP contribution in [0, 0.1) is 6.92 Å². The summed E-state index contributed by atoms with van der Waals surface area (Å²) in [4.78, 5) is 4.53. The first-order chi connectivity index (χ1) is 10.5. The van der Waals surface area contributed by atoms with Crippen LogP contribution in [0.3, 0.4) is 0 Å². The molecule has 0 spiro atoms. The summed E-state index contributed by atoms with van der Waals surface area (Å²) < 4.78 is 31.9. The molecule has 1 fully saturated rings. The van der Waals surface area contributed by atoms with E-state index in [0.717, 1.165) is 5.56 Å². The van der Waals surface area contributed by atoms with Crippen LogP contribution in [0.25, 0.3) is 11.3 Å². The van der Waals surface area contributed by atoms with E-state index in [1.165, 1.54) is 4.31 Å². The summed E-state index contributed by atoms with van der Waals surface area (Å²) in [5, 5.41) is 0. The summed E-state index contributed by atoms with van der Waals surface area (Å²) in [6, 6.07) is 6.83. The lowest BCUT2D eigenvalue weighted by atomic mass is 10.1. The van der Waals surface area contributed by atoms with Gasteiger partial charge in [0.05, 0.1) is 4.90 Å². The highest BCUT2D eigenvalue weighted by Crippen LogP contribution is 2.24. The molecule has 2 aromatic rings. The zero-order chi connectivity index (χ0) is 15.7. The maximum Gasteiger partial charge on any atom is 0.243 e. The van der Waals surface area contributed by atoms with E-state index in [2.05, 4.69) is 4.98 Å². The van der Waals surface area contributed by atoms with Crippen LogP contribution >= 0.6 is 12.4 Å². The minimum Gasteiger partial charge on any atom is -0.449 e. The van der Waals surface area contributed by atoms with Crippen molar-refractivity contribution in [3.05, 3.63) is 36.4 Å². The monoisotopic (exact) mass is 357 g/mol. The molecular weight excluding hydrogens is 338 g/mol. The number of halogens is 1. The van der Waals surface area contributed by atoms with Crippen LogP contribution in [0.1, 0.15) is 18.7 Å². The third-order valence-corrected chi connectivity index (χ3v) is 5.82. The molecule has 0 bridgehead atoms. The first-order valence-electron chi connectivity index (χ1n) is 7.25. The van der Waals surface area contributed by atoms with Crippen LogP contribution in [0.15, 0.2) is 39.8 Å². The van der Waals surface area contributed by atoms with Crippen molar-refractivity contribution in [3.63, 3.8) is 0 Å². The van der Waals surface area contributed by atoms with Crippen molar-refractivity contribution in [1.82, 2.24) is 9.29 Å². The largest absolute Gasteiger partial charge is 0.449 e. The molecule has 0 unspecified atom stereocenters. The van der Waals surface area contributed by atoms with Gasteiger partial charge in [-0.3, -0.25) is 0 Å². The minimum absolute atomic E-state index is 0. The lowest BCUT2D eigenvalue weighted by Crippen LogP contribution is -2.42. The van der Waals surface area contributed by atoms with Gasteiger partial charge in [0.15, 0.2) is 5.89 Å². The van der Waals surface area contributed by atoms with Gasteiger partial charge in [-0.2, -0.15) is 4.31 Å². The average molecular weight is 358 g/mol. The number of aromatic nitrogens is 1. The van der Waals surface area contributed by atoms with Gasteiger partial charge in [-0.1, -0.05) is 12.1 Å². The van der Waals surface area contributed by atoms with E-state index >= 15 is 0 Å². The molecule has 2 heterocycles. The number of hydrogen-bond acceptors (Lipinski definition) is 5. The van der Waals surface area contributed by atoms with Gasteiger partial charge in [-0.15, -0.1) is 12.4 Å². The zero-order valence-electron chi connectivity index (χ0n) is 12.8. The zero-order valence-corrected chi connectivity index (χ0v) is 14.4. The van der Waals surface area contributed by atoms with Crippen LogP contribution in [0.4, 0.5) is 0 Å². The molecule has 1 aliphatic rings. The van der Waals surface area contributed by atoms with Crippen molar-refractivity contribution in [2.24, 2.45) is 5.73 Å². The Balaban J connectivity index is 0.00000192. The van der Waals surface area contributed by atoms with E-state index in [1.807, 2.05) is 0 Å². The molecule has 6 nitrogen and oxygen atoms in total. The number of hydrogen-bond donors (Lipinski definition) is 1. The summed E-state index contributed by atoms with van der Waals surface area (Å²) in [5.74, 6) is 0.580. The van der Waals surface area contributed by atoms with Gasteiger partial charge >= 0.3 is 0 Å². The van der Waals surface area contributed by atoms with Crippen LogP contribution in [0.5, 0.6) is 0 Å². The first-order valence-corrected chi connectivity index (χ1v) is 8.69. The average Bonchev–Trinajstić information content (AvgIpc) is 2.94. The summed E-state index contributed by atoms with van der Waals surface area (Å²) in [7, 11) is -3.45. The Kier molecular flexibility index (Phi) is 5.46. The molecule has 2 N–H and O–H groups in total. The third kappa shape index (κ3) is 3.74. The van der Waals surface area contributed by atoms with E-state index in [-0.39, 0.29) is 18.4 Å². The molecule has 1 aromatic carbocycles. The summed E-state index contributed by atoms with van der Waals surface area (Å²) in [6.45, 7) is 2.73. The van der Waals surface area contributed by atoms with Gasteiger partial charge in [0.25, 0.3) is 0 Å². The topological polar surface area (TPSA) is 89.4 Å². The number of piperidine rings is 1. The summed E-state index contributed by atoms with van der Waals surface area (Å²) >= 11 is 0. The Labute approximate surface area is 142 Å². The molecule has 1 aromatic heterocycles. The highest BCUT2D eigenvalue weighted by molar-refractivity contribution is 7.89. The van der Waals surface area contributed by atoms with Gasteiger partial charge in [-0.25, -0.2) is 13.4 Å². The number of rotatable bonds is 3.